The number of para-hydroxylation sites is 1. The number of amides is 1. The van der Waals surface area contributed by atoms with Crippen molar-refractivity contribution in [2.24, 2.45) is 0 Å². The van der Waals surface area contributed by atoms with Gasteiger partial charge in [0.05, 0.1) is 11.2 Å². The molecule has 1 N–H and O–H groups in total. The molecule has 1 aromatic carbocycles. The molecule has 0 saturated carbocycles. The highest BCUT2D eigenvalue weighted by atomic mass is 16.1. The zero-order valence-corrected chi connectivity index (χ0v) is 11.1. The van der Waals surface area contributed by atoms with Gasteiger partial charge in [-0.2, -0.15) is 0 Å². The molecule has 0 radical (unpaired) electrons. The van der Waals surface area contributed by atoms with E-state index in [0.29, 0.717) is 5.82 Å². The van der Waals surface area contributed by atoms with Gasteiger partial charge >= 0.3 is 0 Å². The van der Waals surface area contributed by atoms with Crippen molar-refractivity contribution in [3.8, 4) is 0 Å². The number of hydrogen-bond acceptors (Lipinski definition) is 4. The highest BCUT2D eigenvalue weighted by Crippen LogP contribution is 2.12. The lowest BCUT2D eigenvalue weighted by Gasteiger charge is -2.00. The van der Waals surface area contributed by atoms with Gasteiger partial charge in [-0.3, -0.25) is 4.79 Å². The number of fused-ring (bicyclic) bond motifs is 1. The molecule has 3 aromatic rings. The Morgan fingerprint density at radius 3 is 2.86 bits per heavy atom. The summed E-state index contributed by atoms with van der Waals surface area (Å²) in [6, 6.07) is 13.3. The summed E-state index contributed by atoms with van der Waals surface area (Å²) >= 11 is 0. The van der Waals surface area contributed by atoms with E-state index in [9.17, 15) is 4.79 Å². The summed E-state index contributed by atoms with van der Waals surface area (Å²) in [6.45, 7) is 0. The SMILES string of the molecule is O=C(/C=C/c1ccc2ccccc2n1)Nc1ccncn1. The number of hydrogen-bond donors (Lipinski definition) is 1. The smallest absolute Gasteiger partial charge is 0.249 e. The molecule has 2 heterocycles. The summed E-state index contributed by atoms with van der Waals surface area (Å²) in [5.74, 6) is 0.203. The first-order valence-electron chi connectivity index (χ1n) is 6.42. The molecule has 21 heavy (non-hydrogen) atoms. The van der Waals surface area contributed by atoms with E-state index in [0.717, 1.165) is 16.6 Å². The average molecular weight is 276 g/mol. The number of nitrogens with zero attached hydrogens (tertiary/aromatic N) is 3. The molecular weight excluding hydrogens is 264 g/mol. The fraction of sp³-hybridized carbons (Fsp3) is 0. The average Bonchev–Trinajstić information content (AvgIpc) is 2.54. The van der Waals surface area contributed by atoms with Crippen LogP contribution >= 0.6 is 0 Å². The number of carbonyl (C=O) groups is 1. The summed E-state index contributed by atoms with van der Waals surface area (Å²) < 4.78 is 0. The highest BCUT2D eigenvalue weighted by molar-refractivity contribution is 6.01. The summed E-state index contributed by atoms with van der Waals surface area (Å²) in [4.78, 5) is 23.9. The van der Waals surface area contributed by atoms with Crippen LogP contribution in [-0.2, 0) is 4.79 Å². The predicted molar refractivity (Wildman–Crippen MR) is 81.4 cm³/mol. The van der Waals surface area contributed by atoms with Crippen LogP contribution < -0.4 is 5.32 Å². The Hall–Kier alpha value is -3.08. The Labute approximate surface area is 121 Å². The molecule has 0 aliphatic rings. The second-order valence-electron chi connectivity index (χ2n) is 4.35. The molecule has 2 aromatic heterocycles. The van der Waals surface area contributed by atoms with Crippen molar-refractivity contribution in [1.82, 2.24) is 15.0 Å². The number of anilines is 1. The van der Waals surface area contributed by atoms with E-state index in [1.165, 1.54) is 12.4 Å². The third-order valence-corrected chi connectivity index (χ3v) is 2.86. The topological polar surface area (TPSA) is 67.8 Å². The number of benzene rings is 1. The van der Waals surface area contributed by atoms with Gasteiger partial charge in [-0.15, -0.1) is 0 Å². The molecule has 0 bridgehead atoms. The van der Waals surface area contributed by atoms with Gasteiger partial charge in [-0.25, -0.2) is 15.0 Å². The van der Waals surface area contributed by atoms with E-state index >= 15 is 0 Å². The standard InChI is InChI=1S/C16H12N4O/c21-16(20-15-9-10-17-11-18-15)8-7-13-6-5-12-3-1-2-4-14(12)19-13/h1-11H,(H,17,18,20,21)/b8-7+. The van der Waals surface area contributed by atoms with Crippen LogP contribution in [0.15, 0.2) is 61.1 Å². The third-order valence-electron chi connectivity index (χ3n) is 2.86. The molecule has 0 aliphatic carbocycles. The quantitative estimate of drug-likeness (QED) is 0.747. The molecule has 102 valence electrons. The van der Waals surface area contributed by atoms with Crippen LogP contribution in [0.4, 0.5) is 5.82 Å². The number of carbonyl (C=O) groups excluding carboxylic acids is 1. The first kappa shape index (κ1) is 12.9. The van der Waals surface area contributed by atoms with Crippen molar-refractivity contribution in [3.63, 3.8) is 0 Å². The summed E-state index contributed by atoms with van der Waals surface area (Å²) in [7, 11) is 0. The molecule has 0 aliphatic heterocycles. The van der Waals surface area contributed by atoms with Gasteiger partial charge in [0.1, 0.15) is 12.1 Å². The van der Waals surface area contributed by atoms with Crippen molar-refractivity contribution >= 4 is 28.7 Å². The largest absolute Gasteiger partial charge is 0.307 e. The molecule has 0 fully saturated rings. The van der Waals surface area contributed by atoms with Crippen LogP contribution in [0, 0.1) is 0 Å². The lowest BCUT2D eigenvalue weighted by atomic mass is 10.2. The van der Waals surface area contributed by atoms with Gasteiger partial charge in [0.2, 0.25) is 5.91 Å². The van der Waals surface area contributed by atoms with Crippen LogP contribution in [0.3, 0.4) is 0 Å². The minimum atomic E-state index is -0.261. The molecular formula is C16H12N4O. The first-order chi connectivity index (χ1) is 10.3. The second-order valence-corrected chi connectivity index (χ2v) is 4.35. The van der Waals surface area contributed by atoms with E-state index in [4.69, 9.17) is 0 Å². The van der Waals surface area contributed by atoms with Crippen molar-refractivity contribution in [2.75, 3.05) is 5.32 Å². The lowest BCUT2D eigenvalue weighted by Crippen LogP contribution is -2.09. The van der Waals surface area contributed by atoms with Crippen LogP contribution in [0.5, 0.6) is 0 Å². The Morgan fingerprint density at radius 2 is 2.00 bits per heavy atom. The third kappa shape index (κ3) is 3.27. The Bertz CT molecular complexity index is 799. The number of pyridine rings is 1. The number of nitrogens with one attached hydrogen (secondary N) is 1. The maximum absolute atomic E-state index is 11.8. The molecule has 0 atom stereocenters. The zero-order valence-electron chi connectivity index (χ0n) is 11.1. The Morgan fingerprint density at radius 1 is 1.10 bits per heavy atom. The van der Waals surface area contributed by atoms with Crippen molar-refractivity contribution in [1.29, 1.82) is 0 Å². The van der Waals surface area contributed by atoms with E-state index in [2.05, 4.69) is 20.3 Å². The highest BCUT2D eigenvalue weighted by Gasteiger charge is 1.99. The first-order valence-corrected chi connectivity index (χ1v) is 6.42. The van der Waals surface area contributed by atoms with Crippen molar-refractivity contribution < 1.29 is 4.79 Å². The summed E-state index contributed by atoms with van der Waals surface area (Å²) in [6.07, 6.45) is 6.05. The van der Waals surface area contributed by atoms with Gasteiger partial charge in [0, 0.05) is 17.7 Å². The van der Waals surface area contributed by atoms with Gasteiger partial charge in [-0.05, 0) is 24.3 Å². The lowest BCUT2D eigenvalue weighted by molar-refractivity contribution is -0.111. The van der Waals surface area contributed by atoms with Crippen molar-refractivity contribution in [3.05, 3.63) is 66.8 Å². The fourth-order valence-electron chi connectivity index (χ4n) is 1.87. The van der Waals surface area contributed by atoms with Crippen molar-refractivity contribution in [2.45, 2.75) is 0 Å². The van der Waals surface area contributed by atoms with Crippen LogP contribution in [0.2, 0.25) is 0 Å². The van der Waals surface area contributed by atoms with Crippen LogP contribution in [-0.4, -0.2) is 20.9 Å². The molecule has 5 heteroatoms. The van der Waals surface area contributed by atoms with Gasteiger partial charge in [0.25, 0.3) is 0 Å². The molecule has 3 rings (SSSR count). The maximum atomic E-state index is 11.8. The second kappa shape index (κ2) is 5.92. The fourth-order valence-corrected chi connectivity index (χ4v) is 1.87. The van der Waals surface area contributed by atoms with Gasteiger partial charge < -0.3 is 5.32 Å². The monoisotopic (exact) mass is 276 g/mol. The van der Waals surface area contributed by atoms with E-state index in [1.54, 1.807) is 18.3 Å². The number of rotatable bonds is 3. The number of aromatic nitrogens is 3. The Kier molecular flexibility index (Phi) is 3.64. The van der Waals surface area contributed by atoms with Gasteiger partial charge in [0.15, 0.2) is 0 Å². The molecule has 0 unspecified atom stereocenters. The van der Waals surface area contributed by atoms with Crippen LogP contribution in [0.1, 0.15) is 5.69 Å². The minimum absolute atomic E-state index is 0.261. The van der Waals surface area contributed by atoms with E-state index < -0.39 is 0 Å². The Balaban J connectivity index is 1.73. The molecule has 1 amide bonds. The molecule has 0 saturated heterocycles. The van der Waals surface area contributed by atoms with Crippen LogP contribution in [0.25, 0.3) is 17.0 Å². The summed E-state index contributed by atoms with van der Waals surface area (Å²) in [5, 5.41) is 3.71. The summed E-state index contributed by atoms with van der Waals surface area (Å²) in [5.41, 5.74) is 1.63. The maximum Gasteiger partial charge on any atom is 0.249 e. The molecule has 0 spiro atoms. The minimum Gasteiger partial charge on any atom is -0.307 e. The predicted octanol–water partition coefficient (Wildman–Crippen LogP) is 2.68. The zero-order chi connectivity index (χ0) is 14.5. The van der Waals surface area contributed by atoms with Gasteiger partial charge in [-0.1, -0.05) is 24.3 Å². The normalized spacial score (nSPS) is 10.9. The van der Waals surface area contributed by atoms with E-state index in [1.807, 2.05) is 36.4 Å². The molecule has 5 nitrogen and oxygen atoms in total. The van der Waals surface area contributed by atoms with E-state index in [-0.39, 0.29) is 5.91 Å².